The molecule has 1 aliphatic carbocycles. The molecular weight excluding hydrogens is 260 g/mol. The Labute approximate surface area is 130 Å². The molecule has 0 aromatic rings. The number of aliphatic hydroxyl groups excluding tert-OH is 1. The molecule has 2 heterocycles. The maximum atomic E-state index is 10.6. The SMILES string of the molecule is CCCC1CCC(O)C(N2CC3CCCCN3CC2C)C1. The van der Waals surface area contributed by atoms with E-state index in [4.69, 9.17) is 0 Å². The lowest BCUT2D eigenvalue weighted by atomic mass is 9.79. The summed E-state index contributed by atoms with van der Waals surface area (Å²) >= 11 is 0. The summed E-state index contributed by atoms with van der Waals surface area (Å²) in [4.78, 5) is 5.39. The van der Waals surface area contributed by atoms with Gasteiger partial charge < -0.3 is 5.11 Å². The molecule has 0 aromatic heterocycles. The summed E-state index contributed by atoms with van der Waals surface area (Å²) in [5, 5.41) is 10.6. The van der Waals surface area contributed by atoms with Gasteiger partial charge >= 0.3 is 0 Å². The summed E-state index contributed by atoms with van der Waals surface area (Å²) in [5.74, 6) is 0.847. The molecule has 3 fully saturated rings. The second-order valence-electron chi connectivity index (χ2n) is 7.79. The van der Waals surface area contributed by atoms with Gasteiger partial charge in [0.05, 0.1) is 6.10 Å². The summed E-state index contributed by atoms with van der Waals surface area (Å²) < 4.78 is 0. The van der Waals surface area contributed by atoms with Crippen LogP contribution in [0.15, 0.2) is 0 Å². The average Bonchev–Trinajstić information content (AvgIpc) is 2.49. The number of fused-ring (bicyclic) bond motifs is 1. The first-order chi connectivity index (χ1) is 10.2. The van der Waals surface area contributed by atoms with Crippen LogP contribution in [0.4, 0.5) is 0 Å². The second kappa shape index (κ2) is 6.97. The molecular formula is C18H34N2O. The summed E-state index contributed by atoms with van der Waals surface area (Å²) in [6.07, 6.45) is 10.2. The minimum absolute atomic E-state index is 0.0873. The van der Waals surface area contributed by atoms with Crippen LogP contribution in [-0.2, 0) is 0 Å². The maximum Gasteiger partial charge on any atom is 0.0695 e. The highest BCUT2D eigenvalue weighted by atomic mass is 16.3. The normalized spacial score (nSPS) is 42.7. The number of piperazine rings is 1. The van der Waals surface area contributed by atoms with E-state index in [9.17, 15) is 5.11 Å². The molecule has 3 heteroatoms. The summed E-state index contributed by atoms with van der Waals surface area (Å²) in [6, 6.07) is 1.79. The van der Waals surface area contributed by atoms with Gasteiger partial charge in [-0.05, 0) is 51.5 Å². The second-order valence-corrected chi connectivity index (χ2v) is 7.79. The molecule has 3 aliphatic rings. The maximum absolute atomic E-state index is 10.6. The minimum Gasteiger partial charge on any atom is -0.391 e. The predicted molar refractivity (Wildman–Crippen MR) is 87.4 cm³/mol. The predicted octanol–water partition coefficient (Wildman–Crippen LogP) is 2.87. The van der Waals surface area contributed by atoms with Crippen LogP contribution in [0.2, 0.25) is 0 Å². The Kier molecular flexibility index (Phi) is 5.23. The molecule has 1 N–H and O–H groups in total. The Balaban J connectivity index is 1.66. The third-order valence-corrected chi connectivity index (χ3v) is 6.25. The van der Waals surface area contributed by atoms with Crippen LogP contribution in [0.25, 0.3) is 0 Å². The zero-order valence-corrected chi connectivity index (χ0v) is 14.0. The number of hydrogen-bond donors (Lipinski definition) is 1. The molecule has 0 bridgehead atoms. The number of hydrogen-bond acceptors (Lipinski definition) is 3. The lowest BCUT2D eigenvalue weighted by molar-refractivity contribution is -0.0649. The van der Waals surface area contributed by atoms with Crippen LogP contribution in [0.3, 0.4) is 0 Å². The van der Waals surface area contributed by atoms with Crippen molar-refractivity contribution in [3.63, 3.8) is 0 Å². The molecule has 2 aliphatic heterocycles. The molecule has 0 aromatic carbocycles. The highest BCUT2D eigenvalue weighted by Gasteiger charge is 2.40. The van der Waals surface area contributed by atoms with Crippen molar-refractivity contribution in [2.24, 2.45) is 5.92 Å². The third-order valence-electron chi connectivity index (χ3n) is 6.25. The van der Waals surface area contributed by atoms with E-state index in [-0.39, 0.29) is 6.10 Å². The van der Waals surface area contributed by atoms with E-state index in [1.54, 1.807) is 0 Å². The molecule has 5 atom stereocenters. The van der Waals surface area contributed by atoms with E-state index in [0.29, 0.717) is 12.1 Å². The van der Waals surface area contributed by atoms with Gasteiger partial charge in [0.1, 0.15) is 0 Å². The number of nitrogens with zero attached hydrogens (tertiary/aromatic N) is 2. The Bertz CT molecular complexity index is 335. The molecule has 0 radical (unpaired) electrons. The zero-order chi connectivity index (χ0) is 14.8. The van der Waals surface area contributed by atoms with Gasteiger partial charge in [0.2, 0.25) is 0 Å². The molecule has 21 heavy (non-hydrogen) atoms. The minimum atomic E-state index is -0.0873. The summed E-state index contributed by atoms with van der Waals surface area (Å²) in [6.45, 7) is 8.38. The Morgan fingerprint density at radius 2 is 1.95 bits per heavy atom. The van der Waals surface area contributed by atoms with Crippen molar-refractivity contribution in [1.82, 2.24) is 9.80 Å². The first-order valence-corrected chi connectivity index (χ1v) is 9.37. The fourth-order valence-electron chi connectivity index (χ4n) is 5.08. The molecule has 2 saturated heterocycles. The third kappa shape index (κ3) is 3.46. The molecule has 5 unspecified atom stereocenters. The smallest absolute Gasteiger partial charge is 0.0695 e. The van der Waals surface area contributed by atoms with Gasteiger partial charge in [0.25, 0.3) is 0 Å². The van der Waals surface area contributed by atoms with E-state index in [2.05, 4.69) is 23.6 Å². The topological polar surface area (TPSA) is 26.7 Å². The van der Waals surface area contributed by atoms with Crippen LogP contribution in [0.5, 0.6) is 0 Å². The van der Waals surface area contributed by atoms with E-state index in [1.807, 2.05) is 0 Å². The fraction of sp³-hybridized carbons (Fsp3) is 1.00. The first kappa shape index (κ1) is 15.8. The zero-order valence-electron chi connectivity index (χ0n) is 14.0. The van der Waals surface area contributed by atoms with Gasteiger partial charge in [-0.1, -0.05) is 26.2 Å². The van der Waals surface area contributed by atoms with Crippen molar-refractivity contribution in [3.05, 3.63) is 0 Å². The molecule has 0 spiro atoms. The van der Waals surface area contributed by atoms with Crippen molar-refractivity contribution in [1.29, 1.82) is 0 Å². The number of aliphatic hydroxyl groups is 1. The monoisotopic (exact) mass is 294 g/mol. The van der Waals surface area contributed by atoms with Gasteiger partial charge in [0, 0.05) is 31.2 Å². The average molecular weight is 294 g/mol. The Morgan fingerprint density at radius 3 is 2.76 bits per heavy atom. The van der Waals surface area contributed by atoms with Gasteiger partial charge in [-0.2, -0.15) is 0 Å². The Morgan fingerprint density at radius 1 is 1.10 bits per heavy atom. The van der Waals surface area contributed by atoms with Crippen LogP contribution < -0.4 is 0 Å². The highest BCUT2D eigenvalue weighted by molar-refractivity contribution is 4.96. The molecule has 0 amide bonds. The van der Waals surface area contributed by atoms with Crippen molar-refractivity contribution < 1.29 is 5.11 Å². The van der Waals surface area contributed by atoms with E-state index < -0.39 is 0 Å². The quantitative estimate of drug-likeness (QED) is 0.867. The van der Waals surface area contributed by atoms with Crippen LogP contribution >= 0.6 is 0 Å². The first-order valence-electron chi connectivity index (χ1n) is 9.37. The largest absolute Gasteiger partial charge is 0.391 e. The van der Waals surface area contributed by atoms with E-state index in [0.717, 1.165) is 18.4 Å². The Hall–Kier alpha value is -0.120. The van der Waals surface area contributed by atoms with Crippen molar-refractivity contribution in [2.75, 3.05) is 19.6 Å². The molecule has 3 nitrogen and oxygen atoms in total. The molecule has 122 valence electrons. The van der Waals surface area contributed by atoms with Crippen molar-refractivity contribution >= 4 is 0 Å². The van der Waals surface area contributed by atoms with Crippen molar-refractivity contribution in [2.45, 2.75) is 89.4 Å². The lowest BCUT2D eigenvalue weighted by Crippen LogP contribution is -2.63. The fourth-order valence-corrected chi connectivity index (χ4v) is 5.08. The van der Waals surface area contributed by atoms with Gasteiger partial charge in [-0.15, -0.1) is 0 Å². The standard InChI is InChI=1S/C18H34N2O/c1-3-6-15-8-9-18(21)17(11-15)20-13-16-7-4-5-10-19(16)12-14(20)2/h14-18,21H,3-13H2,1-2H3. The molecule has 1 saturated carbocycles. The summed E-state index contributed by atoms with van der Waals surface area (Å²) in [5.41, 5.74) is 0. The molecule has 3 rings (SSSR count). The lowest BCUT2D eigenvalue weighted by Gasteiger charge is -2.52. The summed E-state index contributed by atoms with van der Waals surface area (Å²) in [7, 11) is 0. The van der Waals surface area contributed by atoms with E-state index in [1.165, 1.54) is 64.6 Å². The highest BCUT2D eigenvalue weighted by Crippen LogP contribution is 2.34. The van der Waals surface area contributed by atoms with Gasteiger partial charge in [-0.25, -0.2) is 0 Å². The van der Waals surface area contributed by atoms with Crippen LogP contribution in [0, 0.1) is 5.92 Å². The van der Waals surface area contributed by atoms with Gasteiger partial charge in [-0.3, -0.25) is 9.80 Å². The van der Waals surface area contributed by atoms with E-state index >= 15 is 0 Å². The van der Waals surface area contributed by atoms with Crippen molar-refractivity contribution in [3.8, 4) is 0 Å². The van der Waals surface area contributed by atoms with Gasteiger partial charge in [0.15, 0.2) is 0 Å². The number of piperidine rings is 1. The number of rotatable bonds is 3. The van der Waals surface area contributed by atoms with Crippen LogP contribution in [-0.4, -0.2) is 58.8 Å². The van der Waals surface area contributed by atoms with Crippen LogP contribution in [0.1, 0.15) is 65.2 Å².